The zero-order valence-corrected chi connectivity index (χ0v) is 8.52. The van der Waals surface area contributed by atoms with E-state index in [2.05, 4.69) is 13.5 Å². The van der Waals surface area contributed by atoms with E-state index in [1.807, 2.05) is 6.92 Å². The molecule has 1 rings (SSSR count). The molecule has 0 aromatic carbocycles. The van der Waals surface area contributed by atoms with E-state index in [0.717, 1.165) is 12.8 Å². The van der Waals surface area contributed by atoms with Crippen LogP contribution in [0.5, 0.6) is 0 Å². The number of carbonyl (C=O) groups is 1. The van der Waals surface area contributed by atoms with E-state index in [4.69, 9.17) is 4.74 Å². The molecule has 13 heavy (non-hydrogen) atoms. The van der Waals surface area contributed by atoms with E-state index < -0.39 is 0 Å². The molecule has 1 unspecified atom stereocenters. The summed E-state index contributed by atoms with van der Waals surface area (Å²) in [5.41, 5.74) is 3.02. The van der Waals surface area contributed by atoms with Gasteiger partial charge in [0.05, 0.1) is 0 Å². The average Bonchev–Trinajstić information content (AvgIpc) is 2.36. The Morgan fingerprint density at radius 3 is 2.54 bits per heavy atom. The van der Waals surface area contributed by atoms with Gasteiger partial charge in [0, 0.05) is 5.57 Å². The van der Waals surface area contributed by atoms with Gasteiger partial charge in [0.25, 0.3) is 0 Å². The maximum absolute atomic E-state index is 11.2. The zero-order valence-electron chi connectivity index (χ0n) is 8.52. The summed E-state index contributed by atoms with van der Waals surface area (Å²) in [5.74, 6) is -0.279. The number of esters is 1. The van der Waals surface area contributed by atoms with Gasteiger partial charge in [-0.2, -0.15) is 0 Å². The van der Waals surface area contributed by atoms with Crippen LogP contribution in [0.2, 0.25) is 0 Å². The molecule has 0 saturated heterocycles. The van der Waals surface area contributed by atoms with Crippen molar-refractivity contribution in [2.24, 2.45) is 0 Å². The third kappa shape index (κ3) is 2.20. The van der Waals surface area contributed by atoms with Crippen LogP contribution < -0.4 is 0 Å². The average molecular weight is 180 g/mol. The summed E-state index contributed by atoms with van der Waals surface area (Å²) in [5, 5.41) is 0. The van der Waals surface area contributed by atoms with Gasteiger partial charge in [-0.3, -0.25) is 0 Å². The lowest BCUT2D eigenvalue weighted by atomic mass is 10.2. The molecule has 2 heteroatoms. The summed E-state index contributed by atoms with van der Waals surface area (Å²) in [6.45, 7) is 9.33. The summed E-state index contributed by atoms with van der Waals surface area (Å²) in [6.07, 6.45) is 1.96. The van der Waals surface area contributed by atoms with E-state index in [0.29, 0.717) is 5.57 Å². The van der Waals surface area contributed by atoms with E-state index in [-0.39, 0.29) is 12.1 Å². The van der Waals surface area contributed by atoms with Gasteiger partial charge in [0.2, 0.25) is 0 Å². The Balaban J connectivity index is 2.58. The predicted octanol–water partition coefficient (Wildman–Crippen LogP) is 2.60. The van der Waals surface area contributed by atoms with Crippen LogP contribution in [0.4, 0.5) is 0 Å². The smallest absolute Gasteiger partial charge is 0.333 e. The van der Waals surface area contributed by atoms with E-state index in [1.165, 1.54) is 11.1 Å². The molecule has 72 valence electrons. The monoisotopic (exact) mass is 180 g/mol. The molecule has 1 atom stereocenters. The highest BCUT2D eigenvalue weighted by Gasteiger charge is 2.23. The van der Waals surface area contributed by atoms with Gasteiger partial charge in [-0.25, -0.2) is 4.79 Å². The van der Waals surface area contributed by atoms with Gasteiger partial charge >= 0.3 is 5.97 Å². The second-order valence-electron chi connectivity index (χ2n) is 3.68. The molecule has 0 bridgehead atoms. The van der Waals surface area contributed by atoms with Crippen molar-refractivity contribution in [2.45, 2.75) is 39.7 Å². The van der Waals surface area contributed by atoms with Crippen molar-refractivity contribution in [1.82, 2.24) is 0 Å². The standard InChI is InChI=1S/C11H16O2/c1-7(2)11(12)13-10-6-5-8(3)9(10)4/h10H,1,5-6H2,2-4H3. The Kier molecular flexibility index (Phi) is 2.91. The maximum Gasteiger partial charge on any atom is 0.333 e. The Morgan fingerprint density at radius 2 is 2.15 bits per heavy atom. The number of hydrogen-bond acceptors (Lipinski definition) is 2. The SMILES string of the molecule is C=C(C)C(=O)OC1CCC(C)=C1C. The summed E-state index contributed by atoms with van der Waals surface area (Å²) >= 11 is 0. The predicted molar refractivity (Wildman–Crippen MR) is 52.3 cm³/mol. The first kappa shape index (κ1) is 10.0. The molecule has 0 heterocycles. The topological polar surface area (TPSA) is 26.3 Å². The molecule has 0 saturated carbocycles. The highest BCUT2D eigenvalue weighted by Crippen LogP contribution is 2.28. The summed E-state index contributed by atoms with van der Waals surface area (Å²) in [6, 6.07) is 0. The normalized spacial score (nSPS) is 21.9. The van der Waals surface area contributed by atoms with Crippen LogP contribution in [0.25, 0.3) is 0 Å². The minimum absolute atomic E-state index is 0.0100. The van der Waals surface area contributed by atoms with E-state index in [1.54, 1.807) is 6.92 Å². The highest BCUT2D eigenvalue weighted by atomic mass is 16.5. The first-order valence-electron chi connectivity index (χ1n) is 4.55. The van der Waals surface area contributed by atoms with Gasteiger partial charge in [0.15, 0.2) is 0 Å². The summed E-state index contributed by atoms with van der Waals surface area (Å²) in [4.78, 5) is 11.2. The summed E-state index contributed by atoms with van der Waals surface area (Å²) < 4.78 is 5.26. The van der Waals surface area contributed by atoms with Crippen LogP contribution in [0.1, 0.15) is 33.6 Å². The molecule has 0 N–H and O–H groups in total. The number of hydrogen-bond donors (Lipinski definition) is 0. The molecular weight excluding hydrogens is 164 g/mol. The fourth-order valence-electron chi connectivity index (χ4n) is 1.41. The maximum atomic E-state index is 11.2. The third-order valence-electron chi connectivity index (χ3n) is 2.54. The number of allylic oxidation sites excluding steroid dienone is 1. The molecule has 1 aliphatic rings. The van der Waals surface area contributed by atoms with Gasteiger partial charge in [-0.05, 0) is 39.2 Å². The van der Waals surface area contributed by atoms with Gasteiger partial charge in [0.1, 0.15) is 6.10 Å². The molecule has 0 spiro atoms. The molecule has 0 aromatic rings. The molecule has 0 radical (unpaired) electrons. The Hall–Kier alpha value is -1.05. The molecule has 0 fully saturated rings. The quantitative estimate of drug-likeness (QED) is 0.371. The minimum Gasteiger partial charge on any atom is -0.454 e. The summed E-state index contributed by atoms with van der Waals surface area (Å²) in [7, 11) is 0. The minimum atomic E-state index is -0.279. The van der Waals surface area contributed by atoms with Crippen molar-refractivity contribution in [3.63, 3.8) is 0 Å². The van der Waals surface area contributed by atoms with Crippen LogP contribution in [0.3, 0.4) is 0 Å². The molecule has 0 amide bonds. The Labute approximate surface area is 79.3 Å². The number of carbonyl (C=O) groups excluding carboxylic acids is 1. The van der Waals surface area contributed by atoms with Crippen molar-refractivity contribution in [2.75, 3.05) is 0 Å². The molecule has 0 aliphatic heterocycles. The van der Waals surface area contributed by atoms with Crippen molar-refractivity contribution < 1.29 is 9.53 Å². The highest BCUT2D eigenvalue weighted by molar-refractivity contribution is 5.87. The van der Waals surface area contributed by atoms with Crippen LogP contribution in [-0.4, -0.2) is 12.1 Å². The first-order valence-corrected chi connectivity index (χ1v) is 4.55. The molecule has 1 aliphatic carbocycles. The van der Waals surface area contributed by atoms with Crippen LogP contribution >= 0.6 is 0 Å². The van der Waals surface area contributed by atoms with Crippen LogP contribution in [-0.2, 0) is 9.53 Å². The largest absolute Gasteiger partial charge is 0.454 e. The van der Waals surface area contributed by atoms with Gasteiger partial charge in [-0.1, -0.05) is 12.2 Å². The van der Waals surface area contributed by atoms with Crippen molar-refractivity contribution >= 4 is 5.97 Å². The molecule has 2 nitrogen and oxygen atoms in total. The van der Waals surface area contributed by atoms with Crippen LogP contribution in [0.15, 0.2) is 23.3 Å². The lowest BCUT2D eigenvalue weighted by Crippen LogP contribution is -2.16. The van der Waals surface area contributed by atoms with Gasteiger partial charge in [-0.15, -0.1) is 0 Å². The van der Waals surface area contributed by atoms with Crippen molar-refractivity contribution in [1.29, 1.82) is 0 Å². The molecule has 0 aromatic heterocycles. The van der Waals surface area contributed by atoms with Crippen molar-refractivity contribution in [3.05, 3.63) is 23.3 Å². The molecular formula is C11H16O2. The number of rotatable bonds is 2. The van der Waals surface area contributed by atoms with Crippen molar-refractivity contribution in [3.8, 4) is 0 Å². The van der Waals surface area contributed by atoms with Crippen LogP contribution in [0, 0.1) is 0 Å². The second-order valence-corrected chi connectivity index (χ2v) is 3.68. The first-order chi connectivity index (χ1) is 6.02. The fraction of sp³-hybridized carbons (Fsp3) is 0.545. The zero-order chi connectivity index (χ0) is 10.0. The lowest BCUT2D eigenvalue weighted by molar-refractivity contribution is -0.142. The number of ether oxygens (including phenoxy) is 1. The lowest BCUT2D eigenvalue weighted by Gasteiger charge is -2.13. The van der Waals surface area contributed by atoms with E-state index in [9.17, 15) is 4.79 Å². The third-order valence-corrected chi connectivity index (χ3v) is 2.54. The second kappa shape index (κ2) is 3.77. The Bertz CT molecular complexity index is 274. The van der Waals surface area contributed by atoms with E-state index >= 15 is 0 Å². The Morgan fingerprint density at radius 1 is 1.54 bits per heavy atom. The van der Waals surface area contributed by atoms with Gasteiger partial charge < -0.3 is 4.74 Å². The fourth-order valence-corrected chi connectivity index (χ4v) is 1.41.